The molecule has 0 aliphatic carbocycles. The summed E-state index contributed by atoms with van der Waals surface area (Å²) in [4.78, 5) is 30.2. The fourth-order valence-electron chi connectivity index (χ4n) is 3.24. The summed E-state index contributed by atoms with van der Waals surface area (Å²) in [5, 5.41) is 6.02. The molecule has 2 atom stereocenters. The van der Waals surface area contributed by atoms with Crippen LogP contribution in [0.1, 0.15) is 70.5 Å². The minimum atomic E-state index is -0.00640. The van der Waals surface area contributed by atoms with Gasteiger partial charge < -0.3 is 10.2 Å². The number of carbonyl (C=O) groups excluding carboxylic acids is 2. The van der Waals surface area contributed by atoms with Gasteiger partial charge in [0.05, 0.1) is 10.7 Å². The number of nitrogens with one attached hydrogen (secondary N) is 1. The normalized spacial score (nSPS) is 18.4. The van der Waals surface area contributed by atoms with Crippen LogP contribution in [-0.2, 0) is 16.0 Å². The van der Waals surface area contributed by atoms with E-state index in [-0.39, 0.29) is 19.3 Å². The van der Waals surface area contributed by atoms with Crippen LogP contribution in [0.5, 0.6) is 0 Å². The molecule has 1 aliphatic heterocycles. The Labute approximate surface area is 156 Å². The average molecular weight is 368 g/mol. The first kappa shape index (κ1) is 21.6. The highest BCUT2D eigenvalue weighted by molar-refractivity contribution is 7.09. The second-order valence-corrected chi connectivity index (χ2v) is 7.61. The quantitative estimate of drug-likeness (QED) is 0.801. The standard InChI is InChI=1S/C18H29N3O2S.CH4/c1-4-6-13(2)18(23)21-10-5-7-15(11-21)17-20-16(12-24-17)8-9-19-14(3)22;/h12-13,15H,4-11H2,1-3H3,(H,19,22);1H4. The van der Waals surface area contributed by atoms with Crippen LogP contribution in [0, 0.1) is 5.92 Å². The van der Waals surface area contributed by atoms with Crippen LogP contribution in [0.4, 0.5) is 0 Å². The van der Waals surface area contributed by atoms with Gasteiger partial charge in [0.1, 0.15) is 0 Å². The van der Waals surface area contributed by atoms with E-state index in [4.69, 9.17) is 4.98 Å². The van der Waals surface area contributed by atoms with Crippen molar-refractivity contribution in [2.45, 2.75) is 66.2 Å². The van der Waals surface area contributed by atoms with Crippen molar-refractivity contribution < 1.29 is 9.59 Å². The van der Waals surface area contributed by atoms with E-state index in [2.05, 4.69) is 17.6 Å². The largest absolute Gasteiger partial charge is 0.356 e. The van der Waals surface area contributed by atoms with Gasteiger partial charge in [-0.25, -0.2) is 4.98 Å². The Balaban J connectivity index is 0.00000312. The van der Waals surface area contributed by atoms with Gasteiger partial charge in [0.25, 0.3) is 0 Å². The lowest BCUT2D eigenvalue weighted by molar-refractivity contribution is -0.136. The van der Waals surface area contributed by atoms with Crippen LogP contribution in [0.2, 0.25) is 0 Å². The van der Waals surface area contributed by atoms with Crippen molar-refractivity contribution >= 4 is 23.2 Å². The lowest BCUT2D eigenvalue weighted by atomic mass is 9.96. The Kier molecular flexibility index (Phi) is 9.11. The van der Waals surface area contributed by atoms with Gasteiger partial charge in [0.15, 0.2) is 0 Å². The molecule has 2 rings (SSSR count). The van der Waals surface area contributed by atoms with E-state index in [9.17, 15) is 9.59 Å². The molecule has 2 unspecified atom stereocenters. The van der Waals surface area contributed by atoms with Crippen molar-refractivity contribution in [2.75, 3.05) is 19.6 Å². The van der Waals surface area contributed by atoms with Crippen molar-refractivity contribution in [1.82, 2.24) is 15.2 Å². The molecule has 1 aromatic rings. The van der Waals surface area contributed by atoms with Crippen molar-refractivity contribution in [1.29, 1.82) is 0 Å². The second kappa shape index (κ2) is 10.5. The maximum atomic E-state index is 12.5. The molecule has 6 heteroatoms. The SMILES string of the molecule is C.CCCC(C)C(=O)N1CCCC(c2nc(CCNC(C)=O)cs2)C1. The summed E-state index contributed by atoms with van der Waals surface area (Å²) in [5.41, 5.74) is 1.03. The number of hydrogen-bond acceptors (Lipinski definition) is 4. The van der Waals surface area contributed by atoms with Gasteiger partial charge in [-0.05, 0) is 19.3 Å². The third-order valence-electron chi connectivity index (χ3n) is 4.55. The first-order chi connectivity index (χ1) is 11.5. The zero-order valence-corrected chi connectivity index (χ0v) is 15.8. The van der Waals surface area contributed by atoms with Crippen LogP contribution in [0.3, 0.4) is 0 Å². The Bertz CT molecular complexity index is 559. The van der Waals surface area contributed by atoms with Crippen molar-refractivity contribution in [2.24, 2.45) is 5.92 Å². The highest BCUT2D eigenvalue weighted by atomic mass is 32.1. The predicted molar refractivity (Wildman–Crippen MR) is 104 cm³/mol. The molecule has 0 saturated carbocycles. The molecule has 25 heavy (non-hydrogen) atoms. The number of hydrogen-bond donors (Lipinski definition) is 1. The van der Waals surface area contributed by atoms with Gasteiger partial charge in [-0.15, -0.1) is 11.3 Å². The van der Waals surface area contributed by atoms with Gasteiger partial charge in [-0.1, -0.05) is 27.7 Å². The van der Waals surface area contributed by atoms with Crippen LogP contribution in [0.25, 0.3) is 0 Å². The maximum Gasteiger partial charge on any atom is 0.225 e. The van der Waals surface area contributed by atoms with E-state index in [1.54, 1.807) is 11.3 Å². The number of piperidine rings is 1. The fourth-order valence-corrected chi connectivity index (χ4v) is 4.22. The number of likely N-dealkylation sites (tertiary alicyclic amines) is 1. The Hall–Kier alpha value is -1.43. The van der Waals surface area contributed by atoms with E-state index in [0.29, 0.717) is 18.4 Å². The molecule has 0 spiro atoms. The van der Waals surface area contributed by atoms with Crippen molar-refractivity contribution in [3.8, 4) is 0 Å². The third-order valence-corrected chi connectivity index (χ3v) is 5.61. The summed E-state index contributed by atoms with van der Waals surface area (Å²) in [7, 11) is 0. The van der Waals surface area contributed by atoms with Crippen molar-refractivity contribution in [3.05, 3.63) is 16.1 Å². The van der Waals surface area contributed by atoms with Gasteiger partial charge in [-0.3, -0.25) is 9.59 Å². The zero-order valence-electron chi connectivity index (χ0n) is 15.0. The molecule has 1 fully saturated rings. The summed E-state index contributed by atoms with van der Waals surface area (Å²) in [6, 6.07) is 0. The molecule has 0 bridgehead atoms. The summed E-state index contributed by atoms with van der Waals surface area (Å²) in [6.45, 7) is 8.00. The smallest absolute Gasteiger partial charge is 0.225 e. The lowest BCUT2D eigenvalue weighted by Gasteiger charge is -2.33. The Morgan fingerprint density at radius 1 is 1.48 bits per heavy atom. The molecular weight excluding hydrogens is 334 g/mol. The number of aromatic nitrogens is 1. The van der Waals surface area contributed by atoms with Gasteiger partial charge in [-0.2, -0.15) is 0 Å². The molecule has 0 aromatic carbocycles. The highest BCUT2D eigenvalue weighted by Crippen LogP contribution is 2.30. The summed E-state index contributed by atoms with van der Waals surface area (Å²) >= 11 is 1.69. The van der Waals surface area contributed by atoms with E-state index < -0.39 is 0 Å². The molecule has 0 radical (unpaired) electrons. The van der Waals surface area contributed by atoms with E-state index in [0.717, 1.165) is 55.9 Å². The molecule has 1 aromatic heterocycles. The van der Waals surface area contributed by atoms with Gasteiger partial charge in [0, 0.05) is 50.2 Å². The molecule has 142 valence electrons. The zero-order chi connectivity index (χ0) is 17.5. The maximum absolute atomic E-state index is 12.5. The number of amides is 2. The number of carbonyl (C=O) groups is 2. The van der Waals surface area contributed by atoms with Crippen LogP contribution in [0.15, 0.2) is 5.38 Å². The van der Waals surface area contributed by atoms with Crippen molar-refractivity contribution in [3.63, 3.8) is 0 Å². The van der Waals surface area contributed by atoms with Gasteiger partial charge >= 0.3 is 0 Å². The minimum Gasteiger partial charge on any atom is -0.356 e. The first-order valence-electron chi connectivity index (χ1n) is 8.98. The number of thiazole rings is 1. The molecule has 1 N–H and O–H groups in total. The summed E-state index contributed by atoms with van der Waals surface area (Å²) in [5.74, 6) is 0.770. The fraction of sp³-hybridized carbons (Fsp3) is 0.737. The number of rotatable bonds is 7. The monoisotopic (exact) mass is 367 g/mol. The first-order valence-corrected chi connectivity index (χ1v) is 9.86. The van der Waals surface area contributed by atoms with E-state index in [1.165, 1.54) is 6.92 Å². The van der Waals surface area contributed by atoms with Crippen LogP contribution < -0.4 is 5.32 Å². The second-order valence-electron chi connectivity index (χ2n) is 6.72. The van der Waals surface area contributed by atoms with Crippen LogP contribution in [-0.4, -0.2) is 41.3 Å². The molecule has 5 nitrogen and oxygen atoms in total. The summed E-state index contributed by atoms with van der Waals surface area (Å²) < 4.78 is 0. The lowest BCUT2D eigenvalue weighted by Crippen LogP contribution is -2.41. The highest BCUT2D eigenvalue weighted by Gasteiger charge is 2.28. The molecule has 1 saturated heterocycles. The summed E-state index contributed by atoms with van der Waals surface area (Å²) in [6.07, 6.45) is 4.93. The third kappa shape index (κ3) is 6.42. The number of nitrogens with zero attached hydrogens (tertiary/aromatic N) is 2. The van der Waals surface area contributed by atoms with E-state index >= 15 is 0 Å². The topological polar surface area (TPSA) is 62.3 Å². The van der Waals surface area contributed by atoms with Gasteiger partial charge in [0.2, 0.25) is 11.8 Å². The predicted octanol–water partition coefficient (Wildman–Crippen LogP) is 3.60. The Morgan fingerprint density at radius 2 is 2.24 bits per heavy atom. The van der Waals surface area contributed by atoms with E-state index in [1.807, 2.05) is 11.8 Å². The molecular formula is C19H33N3O2S. The minimum absolute atomic E-state index is 0. The van der Waals surface area contributed by atoms with Crippen LogP contribution >= 0.6 is 11.3 Å². The molecule has 2 amide bonds. The molecule has 2 heterocycles. The average Bonchev–Trinajstić information content (AvgIpc) is 3.03. The Morgan fingerprint density at radius 3 is 2.92 bits per heavy atom. The molecule has 1 aliphatic rings.